The number of fused-ring (bicyclic) bond motifs is 1. The summed E-state index contributed by atoms with van der Waals surface area (Å²) < 4.78 is 11.2. The van der Waals surface area contributed by atoms with Crippen molar-refractivity contribution in [1.82, 2.24) is 4.98 Å². The van der Waals surface area contributed by atoms with Gasteiger partial charge in [-0.2, -0.15) is 0 Å². The Morgan fingerprint density at radius 1 is 1.22 bits per heavy atom. The summed E-state index contributed by atoms with van der Waals surface area (Å²) in [6.07, 6.45) is 3.40. The maximum absolute atomic E-state index is 11.6. The van der Waals surface area contributed by atoms with Crippen LogP contribution in [0.1, 0.15) is 44.4 Å². The van der Waals surface area contributed by atoms with E-state index in [0.29, 0.717) is 49.0 Å². The molecule has 144 valence electrons. The zero-order chi connectivity index (χ0) is 19.0. The van der Waals surface area contributed by atoms with Crippen LogP contribution in [0, 0.1) is 16.0 Å². The van der Waals surface area contributed by atoms with Gasteiger partial charge in [0.25, 0.3) is 5.69 Å². The highest BCUT2D eigenvalue weighted by molar-refractivity contribution is 5.84. The molecule has 0 amide bonds. The van der Waals surface area contributed by atoms with E-state index in [1.54, 1.807) is 13.0 Å². The summed E-state index contributed by atoms with van der Waals surface area (Å²) in [6, 6.07) is 3.24. The Bertz CT molecular complexity index is 864. The first kappa shape index (κ1) is 17.9. The molecule has 2 heterocycles. The third kappa shape index (κ3) is 3.53. The van der Waals surface area contributed by atoms with Gasteiger partial charge in [-0.25, -0.2) is 4.98 Å². The summed E-state index contributed by atoms with van der Waals surface area (Å²) in [5, 5.41) is 11.6. The molecule has 8 nitrogen and oxygen atoms in total. The van der Waals surface area contributed by atoms with E-state index >= 15 is 0 Å². The van der Waals surface area contributed by atoms with Crippen LogP contribution in [-0.2, 0) is 9.53 Å². The van der Waals surface area contributed by atoms with Gasteiger partial charge in [-0.3, -0.25) is 14.9 Å². The molecule has 2 fully saturated rings. The standard InChI is InChI=1S/C19H23N3O5/c1-12(23)13-2-4-14(5-3-13)19-20-15-10-16(21-6-8-26-9-7-21)17(22(24)25)11-18(15)27-19/h10-11,13-14H,2-9H2,1H3. The number of hydrogen-bond donors (Lipinski definition) is 0. The fraction of sp³-hybridized carbons (Fsp3) is 0.579. The topological polar surface area (TPSA) is 98.7 Å². The number of nitro benzene ring substituents is 1. The number of benzene rings is 1. The maximum atomic E-state index is 11.6. The Hall–Kier alpha value is -2.48. The van der Waals surface area contributed by atoms with Crippen LogP contribution in [0.2, 0.25) is 0 Å². The molecule has 0 spiro atoms. The minimum absolute atomic E-state index is 0.0346. The molecule has 0 radical (unpaired) electrons. The highest BCUT2D eigenvalue weighted by atomic mass is 16.6. The first-order chi connectivity index (χ1) is 13.0. The van der Waals surface area contributed by atoms with Gasteiger partial charge >= 0.3 is 0 Å². The summed E-state index contributed by atoms with van der Waals surface area (Å²) in [5.74, 6) is 1.18. The minimum atomic E-state index is -0.371. The van der Waals surface area contributed by atoms with Crippen molar-refractivity contribution in [2.45, 2.75) is 38.5 Å². The van der Waals surface area contributed by atoms with Crippen LogP contribution in [0.4, 0.5) is 11.4 Å². The summed E-state index contributed by atoms with van der Waals surface area (Å²) in [6.45, 7) is 3.99. The Kier molecular flexibility index (Phi) is 4.82. The number of morpholine rings is 1. The van der Waals surface area contributed by atoms with Crippen LogP contribution < -0.4 is 4.90 Å². The minimum Gasteiger partial charge on any atom is -0.440 e. The Labute approximate surface area is 156 Å². The van der Waals surface area contributed by atoms with Gasteiger partial charge in [0, 0.05) is 24.9 Å². The van der Waals surface area contributed by atoms with Crippen LogP contribution in [-0.4, -0.2) is 42.0 Å². The number of nitro groups is 1. The van der Waals surface area contributed by atoms with Crippen LogP contribution in [0.3, 0.4) is 0 Å². The van der Waals surface area contributed by atoms with Crippen molar-refractivity contribution < 1.29 is 18.9 Å². The molecule has 1 aliphatic heterocycles. The Balaban J connectivity index is 1.64. The van der Waals surface area contributed by atoms with Gasteiger partial charge in [-0.1, -0.05) is 0 Å². The summed E-state index contributed by atoms with van der Waals surface area (Å²) >= 11 is 0. The molecule has 1 aliphatic carbocycles. The van der Waals surface area contributed by atoms with Crippen LogP contribution in [0.25, 0.3) is 11.1 Å². The lowest BCUT2D eigenvalue weighted by molar-refractivity contribution is -0.384. The number of carbonyl (C=O) groups excluding carboxylic acids is 1. The zero-order valence-corrected chi connectivity index (χ0v) is 15.3. The fourth-order valence-electron chi connectivity index (χ4n) is 4.10. The number of rotatable bonds is 4. The lowest BCUT2D eigenvalue weighted by atomic mass is 9.80. The van der Waals surface area contributed by atoms with Crippen molar-refractivity contribution >= 4 is 28.3 Å². The number of oxazole rings is 1. The van der Waals surface area contributed by atoms with Crippen LogP contribution in [0.5, 0.6) is 0 Å². The summed E-state index contributed by atoms with van der Waals surface area (Å²) in [7, 11) is 0. The van der Waals surface area contributed by atoms with Gasteiger partial charge in [-0.05, 0) is 38.7 Å². The van der Waals surface area contributed by atoms with Gasteiger partial charge in [0.1, 0.15) is 17.0 Å². The molecule has 0 atom stereocenters. The number of Topliss-reactive ketones (excluding diaryl/α,β-unsaturated/α-hetero) is 1. The number of hydrogen-bond acceptors (Lipinski definition) is 7. The van der Waals surface area contributed by atoms with Crippen LogP contribution in [0.15, 0.2) is 16.5 Å². The van der Waals surface area contributed by atoms with Gasteiger partial charge in [-0.15, -0.1) is 0 Å². The second kappa shape index (κ2) is 7.26. The van der Waals surface area contributed by atoms with E-state index < -0.39 is 0 Å². The molecule has 4 rings (SSSR count). The highest BCUT2D eigenvalue weighted by Gasteiger charge is 2.29. The van der Waals surface area contributed by atoms with Crippen molar-refractivity contribution in [3.63, 3.8) is 0 Å². The highest BCUT2D eigenvalue weighted by Crippen LogP contribution is 2.39. The molecule has 0 bridgehead atoms. The van der Waals surface area contributed by atoms with E-state index in [0.717, 1.165) is 25.7 Å². The fourth-order valence-corrected chi connectivity index (χ4v) is 4.10. The summed E-state index contributed by atoms with van der Waals surface area (Å²) in [5.41, 5.74) is 1.69. The predicted octanol–water partition coefficient (Wildman–Crippen LogP) is 3.44. The second-order valence-electron chi connectivity index (χ2n) is 7.38. The number of ether oxygens (including phenoxy) is 1. The zero-order valence-electron chi connectivity index (χ0n) is 15.3. The van der Waals surface area contributed by atoms with Crippen molar-refractivity contribution in [3.05, 3.63) is 28.1 Å². The number of anilines is 1. The predicted molar refractivity (Wildman–Crippen MR) is 99.1 cm³/mol. The number of nitrogens with zero attached hydrogens (tertiary/aromatic N) is 3. The lowest BCUT2D eigenvalue weighted by Crippen LogP contribution is -2.36. The molecule has 0 N–H and O–H groups in total. The van der Waals surface area contributed by atoms with E-state index in [9.17, 15) is 14.9 Å². The van der Waals surface area contributed by atoms with Crippen molar-refractivity contribution in [3.8, 4) is 0 Å². The molecule has 2 aliphatic rings. The van der Waals surface area contributed by atoms with Gasteiger partial charge in [0.05, 0.1) is 24.2 Å². The monoisotopic (exact) mass is 373 g/mol. The lowest BCUT2D eigenvalue weighted by Gasteiger charge is -2.28. The molecular weight excluding hydrogens is 350 g/mol. The maximum Gasteiger partial charge on any atom is 0.296 e. The molecule has 1 saturated heterocycles. The summed E-state index contributed by atoms with van der Waals surface area (Å²) in [4.78, 5) is 29.4. The smallest absolute Gasteiger partial charge is 0.296 e. The number of aromatic nitrogens is 1. The number of carbonyl (C=O) groups is 1. The van der Waals surface area contributed by atoms with E-state index in [1.165, 1.54) is 6.07 Å². The van der Waals surface area contributed by atoms with Gasteiger partial charge in [0.15, 0.2) is 11.5 Å². The average Bonchev–Trinajstić information content (AvgIpc) is 3.11. The third-order valence-electron chi connectivity index (χ3n) is 5.70. The molecular formula is C19H23N3O5. The normalized spacial score (nSPS) is 23.5. The first-order valence-corrected chi connectivity index (χ1v) is 9.45. The van der Waals surface area contributed by atoms with Crippen LogP contribution >= 0.6 is 0 Å². The molecule has 1 aromatic heterocycles. The Morgan fingerprint density at radius 2 is 1.93 bits per heavy atom. The van der Waals surface area contributed by atoms with E-state index in [2.05, 4.69) is 4.98 Å². The van der Waals surface area contributed by atoms with Gasteiger partial charge < -0.3 is 14.1 Å². The first-order valence-electron chi connectivity index (χ1n) is 9.45. The Morgan fingerprint density at radius 3 is 2.56 bits per heavy atom. The second-order valence-corrected chi connectivity index (χ2v) is 7.38. The van der Waals surface area contributed by atoms with E-state index in [1.807, 2.05) is 4.90 Å². The van der Waals surface area contributed by atoms with Gasteiger partial charge in [0.2, 0.25) is 0 Å². The molecule has 2 aromatic rings. The van der Waals surface area contributed by atoms with E-state index in [4.69, 9.17) is 9.15 Å². The average molecular weight is 373 g/mol. The largest absolute Gasteiger partial charge is 0.440 e. The molecule has 8 heteroatoms. The molecule has 1 aromatic carbocycles. The van der Waals surface area contributed by atoms with Crippen molar-refractivity contribution in [2.24, 2.45) is 5.92 Å². The quantitative estimate of drug-likeness (QED) is 0.598. The SMILES string of the molecule is CC(=O)C1CCC(c2nc3cc(N4CCOCC4)c([N+](=O)[O-])cc3o2)CC1. The molecule has 0 unspecified atom stereocenters. The number of ketones is 1. The third-order valence-corrected chi connectivity index (χ3v) is 5.70. The molecule has 27 heavy (non-hydrogen) atoms. The van der Waals surface area contributed by atoms with Crippen molar-refractivity contribution in [1.29, 1.82) is 0 Å². The molecule has 1 saturated carbocycles. The van der Waals surface area contributed by atoms with Crippen molar-refractivity contribution in [2.75, 3.05) is 31.2 Å². The van der Waals surface area contributed by atoms with E-state index in [-0.39, 0.29) is 28.2 Å².